The minimum Gasteiger partial charge on any atom is -0.436 e. The Kier molecular flexibility index (Phi) is 6.09. The van der Waals surface area contributed by atoms with Gasteiger partial charge in [-0.05, 0) is 37.3 Å². The van der Waals surface area contributed by atoms with Gasteiger partial charge in [-0.3, -0.25) is 4.79 Å². The Bertz CT molecular complexity index is 1360. The van der Waals surface area contributed by atoms with Gasteiger partial charge in [0.15, 0.2) is 17.4 Å². The molecule has 0 aliphatic heterocycles. The zero-order chi connectivity index (χ0) is 23.4. The van der Waals surface area contributed by atoms with Crippen molar-refractivity contribution in [3.63, 3.8) is 0 Å². The highest BCUT2D eigenvalue weighted by Gasteiger charge is 2.21. The van der Waals surface area contributed by atoms with Gasteiger partial charge in [-0.1, -0.05) is 18.2 Å². The topological polar surface area (TPSA) is 90.0 Å². The predicted molar refractivity (Wildman–Crippen MR) is 113 cm³/mol. The zero-order valence-corrected chi connectivity index (χ0v) is 17.3. The summed E-state index contributed by atoms with van der Waals surface area (Å²) < 4.78 is 41.9. The molecule has 2 aromatic carbocycles. The lowest BCUT2D eigenvalue weighted by Crippen LogP contribution is -2.09. The minimum absolute atomic E-state index is 0.0749. The molecule has 2 heterocycles. The smallest absolute Gasteiger partial charge is 0.259 e. The molecule has 0 saturated carbocycles. The molecule has 0 fully saturated rings. The third-order valence-corrected chi connectivity index (χ3v) is 4.67. The Morgan fingerprint density at radius 2 is 1.73 bits per heavy atom. The van der Waals surface area contributed by atoms with Crippen molar-refractivity contribution in [2.24, 2.45) is 0 Å². The summed E-state index contributed by atoms with van der Waals surface area (Å²) in [6.07, 6.45) is 4.74. The first-order valence-electron chi connectivity index (χ1n) is 9.75. The molecule has 4 rings (SSSR count). The van der Waals surface area contributed by atoms with Gasteiger partial charge in [0.25, 0.3) is 11.8 Å². The number of rotatable bonds is 7. The van der Waals surface area contributed by atoms with E-state index in [0.29, 0.717) is 11.1 Å². The first-order valence-corrected chi connectivity index (χ1v) is 9.75. The number of ether oxygens (including phenoxy) is 2. The van der Waals surface area contributed by atoms with Crippen LogP contribution in [-0.4, -0.2) is 20.3 Å². The SMILES string of the molecule is Cc1c(F)c(Oc2cccc(C#N)c2)nc(Oc2cccc(C(=O)Cn3ccnc3)c2)c1F. The van der Waals surface area contributed by atoms with Gasteiger partial charge in [0.2, 0.25) is 0 Å². The standard InChI is InChI=1S/C24H16F2N4O3/c1-15-21(25)23(32-18-6-2-4-16(10-18)12-27)29-24(22(15)26)33-19-7-3-5-17(11-19)20(31)13-30-9-8-28-14-30/h2-11,14H,13H2,1H3. The van der Waals surface area contributed by atoms with E-state index in [0.717, 1.165) is 0 Å². The molecule has 4 aromatic rings. The van der Waals surface area contributed by atoms with Crippen molar-refractivity contribution in [2.45, 2.75) is 13.5 Å². The summed E-state index contributed by atoms with van der Waals surface area (Å²) in [5.41, 5.74) is 0.296. The van der Waals surface area contributed by atoms with Crippen molar-refractivity contribution in [1.29, 1.82) is 5.26 Å². The molecule has 0 spiro atoms. The number of halogens is 2. The summed E-state index contributed by atoms with van der Waals surface area (Å²) in [5.74, 6) is -2.92. The van der Waals surface area contributed by atoms with Crippen molar-refractivity contribution in [3.05, 3.63) is 95.6 Å². The lowest BCUT2D eigenvalue weighted by atomic mass is 10.1. The van der Waals surface area contributed by atoms with E-state index in [9.17, 15) is 13.6 Å². The number of Topliss-reactive ketones (excluding diaryl/α,β-unsaturated/α-hetero) is 1. The van der Waals surface area contributed by atoms with E-state index < -0.39 is 23.4 Å². The van der Waals surface area contributed by atoms with Gasteiger partial charge in [-0.2, -0.15) is 10.2 Å². The van der Waals surface area contributed by atoms with Crippen LogP contribution >= 0.6 is 0 Å². The highest BCUT2D eigenvalue weighted by Crippen LogP contribution is 2.33. The number of hydrogen-bond acceptors (Lipinski definition) is 6. The van der Waals surface area contributed by atoms with Gasteiger partial charge in [-0.25, -0.2) is 13.8 Å². The summed E-state index contributed by atoms with van der Waals surface area (Å²) in [6, 6.07) is 14.1. The average Bonchev–Trinajstić information content (AvgIpc) is 3.34. The third kappa shape index (κ3) is 4.85. The monoisotopic (exact) mass is 446 g/mol. The van der Waals surface area contributed by atoms with Crippen molar-refractivity contribution in [2.75, 3.05) is 0 Å². The molecular weight excluding hydrogens is 430 g/mol. The first kappa shape index (κ1) is 21.6. The predicted octanol–water partition coefficient (Wildman–Crippen LogP) is 5.20. The Labute approximate surface area is 187 Å². The highest BCUT2D eigenvalue weighted by molar-refractivity contribution is 5.96. The Hall–Kier alpha value is -4.58. The number of benzene rings is 2. The van der Waals surface area contributed by atoms with E-state index in [-0.39, 0.29) is 29.4 Å². The van der Waals surface area contributed by atoms with Gasteiger partial charge < -0.3 is 14.0 Å². The maximum atomic E-state index is 14.7. The van der Waals surface area contributed by atoms with Crippen molar-refractivity contribution >= 4 is 5.78 Å². The minimum atomic E-state index is -0.999. The van der Waals surface area contributed by atoms with Gasteiger partial charge in [0.1, 0.15) is 11.5 Å². The number of pyridine rings is 1. The van der Waals surface area contributed by atoms with Crippen LogP contribution in [0, 0.1) is 29.9 Å². The van der Waals surface area contributed by atoms with Crippen molar-refractivity contribution in [1.82, 2.24) is 14.5 Å². The second kappa shape index (κ2) is 9.28. The fourth-order valence-electron chi connectivity index (χ4n) is 2.97. The second-order valence-electron chi connectivity index (χ2n) is 7.00. The molecule has 7 nitrogen and oxygen atoms in total. The molecule has 33 heavy (non-hydrogen) atoms. The number of ketones is 1. The van der Waals surface area contributed by atoms with Crippen LogP contribution in [0.25, 0.3) is 0 Å². The van der Waals surface area contributed by atoms with Gasteiger partial charge >= 0.3 is 0 Å². The number of hydrogen-bond donors (Lipinski definition) is 0. The Morgan fingerprint density at radius 3 is 2.36 bits per heavy atom. The van der Waals surface area contributed by atoms with Crippen LogP contribution in [0.3, 0.4) is 0 Å². The number of carbonyl (C=O) groups is 1. The van der Waals surface area contributed by atoms with E-state index in [4.69, 9.17) is 14.7 Å². The van der Waals surface area contributed by atoms with Crippen LogP contribution in [0.15, 0.2) is 67.3 Å². The molecular formula is C24H16F2N4O3. The maximum Gasteiger partial charge on any atom is 0.259 e. The fraction of sp³-hybridized carbons (Fsp3) is 0.0833. The third-order valence-electron chi connectivity index (χ3n) is 4.67. The van der Waals surface area contributed by atoms with Crippen molar-refractivity contribution < 1.29 is 23.0 Å². The Balaban J connectivity index is 1.60. The highest BCUT2D eigenvalue weighted by atomic mass is 19.1. The lowest BCUT2D eigenvalue weighted by Gasteiger charge is -2.13. The molecule has 0 N–H and O–H groups in total. The van der Waals surface area contributed by atoms with E-state index in [1.807, 2.05) is 6.07 Å². The normalized spacial score (nSPS) is 10.5. The molecule has 0 aliphatic rings. The zero-order valence-electron chi connectivity index (χ0n) is 17.3. The molecule has 0 radical (unpaired) electrons. The second-order valence-corrected chi connectivity index (χ2v) is 7.00. The molecule has 0 amide bonds. The number of aromatic nitrogens is 3. The molecule has 9 heteroatoms. The number of carbonyl (C=O) groups excluding carboxylic acids is 1. The van der Waals surface area contributed by atoms with Crippen LogP contribution in [-0.2, 0) is 6.54 Å². The average molecular weight is 446 g/mol. The molecule has 2 aromatic heterocycles. The molecule has 164 valence electrons. The van der Waals surface area contributed by atoms with Gasteiger partial charge in [0, 0.05) is 23.5 Å². The van der Waals surface area contributed by atoms with Crippen LogP contribution in [0.4, 0.5) is 8.78 Å². The fourth-order valence-corrected chi connectivity index (χ4v) is 2.97. The van der Waals surface area contributed by atoms with Gasteiger partial charge in [0.05, 0.1) is 24.5 Å². The molecule has 0 unspecified atom stereocenters. The Morgan fingerprint density at radius 1 is 1.06 bits per heavy atom. The van der Waals surface area contributed by atoms with Crippen molar-refractivity contribution in [3.8, 4) is 29.3 Å². The summed E-state index contributed by atoms with van der Waals surface area (Å²) >= 11 is 0. The van der Waals surface area contributed by atoms with E-state index >= 15 is 0 Å². The van der Waals surface area contributed by atoms with Gasteiger partial charge in [-0.15, -0.1) is 0 Å². The lowest BCUT2D eigenvalue weighted by molar-refractivity contribution is 0.0971. The first-order chi connectivity index (χ1) is 15.9. The largest absolute Gasteiger partial charge is 0.436 e. The number of nitrogens with zero attached hydrogens (tertiary/aromatic N) is 4. The van der Waals surface area contributed by atoms with Crippen LogP contribution in [0.2, 0.25) is 0 Å². The molecule has 0 aliphatic carbocycles. The molecule has 0 saturated heterocycles. The molecule has 0 atom stereocenters. The molecule has 0 bridgehead atoms. The van der Waals surface area contributed by atoms with E-state index in [2.05, 4.69) is 9.97 Å². The van der Waals surface area contributed by atoms with Crippen LogP contribution in [0.5, 0.6) is 23.3 Å². The maximum absolute atomic E-state index is 14.7. The van der Waals surface area contributed by atoms with E-state index in [1.165, 1.54) is 37.5 Å². The summed E-state index contributed by atoms with van der Waals surface area (Å²) in [5, 5.41) is 9.01. The number of imidazole rings is 1. The van der Waals surface area contributed by atoms with Crippen LogP contribution in [0.1, 0.15) is 21.5 Å². The summed E-state index contributed by atoms with van der Waals surface area (Å²) in [4.78, 5) is 20.2. The summed E-state index contributed by atoms with van der Waals surface area (Å²) in [7, 11) is 0. The number of nitriles is 1. The quantitative estimate of drug-likeness (QED) is 0.362. The van der Waals surface area contributed by atoms with E-state index in [1.54, 1.807) is 41.2 Å². The summed E-state index contributed by atoms with van der Waals surface area (Å²) in [6.45, 7) is 1.30. The van der Waals surface area contributed by atoms with Crippen LogP contribution < -0.4 is 9.47 Å².